The van der Waals surface area contributed by atoms with Gasteiger partial charge in [0.1, 0.15) is 17.1 Å². The van der Waals surface area contributed by atoms with Crippen molar-refractivity contribution in [3.63, 3.8) is 0 Å². The number of halogens is 3. The maximum absolute atomic E-state index is 13.0. The number of ether oxygens (including phenoxy) is 3. The van der Waals surface area contributed by atoms with E-state index in [1.54, 1.807) is 12.1 Å². The molecule has 1 aromatic carbocycles. The number of methoxy groups -OCH3 is 1. The molecule has 1 spiro atoms. The first-order valence-electron chi connectivity index (χ1n) is 11.0. The van der Waals surface area contributed by atoms with Crippen LogP contribution in [-0.4, -0.2) is 46.8 Å². The highest BCUT2D eigenvalue weighted by Crippen LogP contribution is 2.41. The smallest absolute Gasteiger partial charge is 0.433 e. The van der Waals surface area contributed by atoms with E-state index in [-0.39, 0.29) is 11.7 Å². The summed E-state index contributed by atoms with van der Waals surface area (Å²) in [5.74, 6) is -0.889. The zero-order valence-electron chi connectivity index (χ0n) is 18.4. The molecule has 2 aromatic heterocycles. The first kappa shape index (κ1) is 22.6. The molecule has 0 atom stereocenters. The quantitative estimate of drug-likeness (QED) is 0.594. The van der Waals surface area contributed by atoms with Gasteiger partial charge in [0, 0.05) is 30.5 Å². The lowest BCUT2D eigenvalue weighted by Gasteiger charge is -2.35. The maximum Gasteiger partial charge on any atom is 0.433 e. The number of hydrogen-bond acceptors (Lipinski definition) is 6. The van der Waals surface area contributed by atoms with Gasteiger partial charge in [-0.1, -0.05) is 6.07 Å². The average Bonchev–Trinajstić information content (AvgIpc) is 3.45. The van der Waals surface area contributed by atoms with Gasteiger partial charge in [-0.2, -0.15) is 18.3 Å². The van der Waals surface area contributed by atoms with E-state index < -0.39 is 23.6 Å². The largest absolute Gasteiger partial charge is 0.494 e. The summed E-state index contributed by atoms with van der Waals surface area (Å²) in [6.45, 7) is 1.25. The van der Waals surface area contributed by atoms with Gasteiger partial charge in [-0.25, -0.2) is 4.98 Å². The van der Waals surface area contributed by atoms with E-state index in [0.29, 0.717) is 30.2 Å². The highest BCUT2D eigenvalue weighted by atomic mass is 19.4. The van der Waals surface area contributed by atoms with Gasteiger partial charge in [0.05, 0.1) is 37.6 Å². The Morgan fingerprint density at radius 3 is 2.62 bits per heavy atom. The van der Waals surface area contributed by atoms with E-state index >= 15 is 0 Å². The molecule has 1 saturated heterocycles. The maximum atomic E-state index is 13.0. The van der Waals surface area contributed by atoms with Crippen LogP contribution in [0, 0.1) is 0 Å². The number of nitrogens with zero attached hydrogens (tertiary/aromatic N) is 3. The molecule has 8 nitrogen and oxygen atoms in total. The molecule has 1 saturated carbocycles. The summed E-state index contributed by atoms with van der Waals surface area (Å²) >= 11 is 0. The van der Waals surface area contributed by atoms with Crippen LogP contribution in [0.3, 0.4) is 0 Å². The molecule has 5 rings (SSSR count). The van der Waals surface area contributed by atoms with Crippen LogP contribution in [0.25, 0.3) is 10.9 Å². The molecule has 2 aliphatic rings. The Morgan fingerprint density at radius 1 is 1.21 bits per heavy atom. The monoisotopic (exact) mass is 476 g/mol. The van der Waals surface area contributed by atoms with Crippen LogP contribution in [0.4, 0.5) is 18.9 Å². The van der Waals surface area contributed by atoms with E-state index in [2.05, 4.69) is 15.4 Å². The summed E-state index contributed by atoms with van der Waals surface area (Å²) in [7, 11) is 1.44. The molecule has 1 N–H and O–H groups in total. The third-order valence-electron chi connectivity index (χ3n) is 6.27. The minimum atomic E-state index is -4.64. The van der Waals surface area contributed by atoms with Crippen molar-refractivity contribution < 1.29 is 32.2 Å². The third-order valence-corrected chi connectivity index (χ3v) is 6.27. The van der Waals surface area contributed by atoms with Crippen LogP contribution in [0.1, 0.15) is 47.9 Å². The molecule has 11 heteroatoms. The lowest BCUT2D eigenvalue weighted by Crippen LogP contribution is -2.35. The Hall–Kier alpha value is -3.18. The summed E-state index contributed by atoms with van der Waals surface area (Å²) in [5.41, 5.74) is -0.485. The molecule has 2 fully saturated rings. The number of carbonyl (C=O) groups is 1. The van der Waals surface area contributed by atoms with Crippen molar-refractivity contribution in [2.45, 2.75) is 43.7 Å². The fraction of sp³-hybridized carbons (Fsp3) is 0.435. The minimum Gasteiger partial charge on any atom is -0.494 e. The molecule has 1 amide bonds. The van der Waals surface area contributed by atoms with E-state index in [1.165, 1.54) is 13.2 Å². The summed E-state index contributed by atoms with van der Waals surface area (Å²) in [6, 6.07) is 6.75. The molecule has 0 radical (unpaired) electrons. The first-order chi connectivity index (χ1) is 16.3. The van der Waals surface area contributed by atoms with Gasteiger partial charge in [0.25, 0.3) is 5.91 Å². The highest BCUT2D eigenvalue weighted by molar-refractivity contribution is 6.05. The molecule has 0 unspecified atom stereocenters. The van der Waals surface area contributed by atoms with Crippen molar-refractivity contribution in [2.75, 3.05) is 25.6 Å². The van der Waals surface area contributed by atoms with E-state index in [0.717, 1.165) is 43.2 Å². The lowest BCUT2D eigenvalue weighted by atomic mass is 9.90. The molecule has 1 aliphatic carbocycles. The molecule has 3 heterocycles. The minimum absolute atomic E-state index is 0.184. The van der Waals surface area contributed by atoms with Gasteiger partial charge < -0.3 is 19.5 Å². The number of benzene rings is 1. The van der Waals surface area contributed by atoms with Crippen molar-refractivity contribution in [3.8, 4) is 5.75 Å². The molecule has 180 valence electrons. The highest BCUT2D eigenvalue weighted by Gasteiger charge is 2.41. The second-order valence-electron chi connectivity index (χ2n) is 8.42. The zero-order chi connectivity index (χ0) is 23.9. The number of rotatable bonds is 4. The Kier molecular flexibility index (Phi) is 5.68. The Morgan fingerprint density at radius 2 is 1.94 bits per heavy atom. The van der Waals surface area contributed by atoms with Gasteiger partial charge in [0.15, 0.2) is 5.79 Å². The van der Waals surface area contributed by atoms with Gasteiger partial charge in [-0.15, -0.1) is 0 Å². The number of aromatic nitrogens is 3. The predicted octanol–water partition coefficient (Wildman–Crippen LogP) is 4.57. The molecule has 1 aliphatic heterocycles. The fourth-order valence-corrected chi connectivity index (χ4v) is 4.52. The van der Waals surface area contributed by atoms with Crippen LogP contribution < -0.4 is 10.1 Å². The normalized spacial score (nSPS) is 18.5. The van der Waals surface area contributed by atoms with E-state index in [4.69, 9.17) is 14.2 Å². The van der Waals surface area contributed by atoms with Crippen LogP contribution >= 0.6 is 0 Å². The zero-order valence-corrected chi connectivity index (χ0v) is 18.4. The topological polar surface area (TPSA) is 87.5 Å². The SMILES string of the molecule is COc1cc2nn(C3CCC4(CC3)OCCO4)cc2cc1NC(=O)c1cccc(C(F)(F)F)n1. The van der Waals surface area contributed by atoms with Crippen molar-refractivity contribution in [1.82, 2.24) is 14.8 Å². The van der Waals surface area contributed by atoms with Crippen molar-refractivity contribution in [2.24, 2.45) is 0 Å². The van der Waals surface area contributed by atoms with Crippen LogP contribution in [0.15, 0.2) is 36.5 Å². The first-order valence-corrected chi connectivity index (χ1v) is 11.0. The molecular formula is C23H23F3N4O4. The summed E-state index contributed by atoms with van der Waals surface area (Å²) < 4.78 is 57.8. The van der Waals surface area contributed by atoms with Crippen LogP contribution in [-0.2, 0) is 15.7 Å². The summed E-state index contributed by atoms with van der Waals surface area (Å²) in [6.07, 6.45) is 0.555. The number of anilines is 1. The average molecular weight is 476 g/mol. The molecule has 34 heavy (non-hydrogen) atoms. The number of alkyl halides is 3. The van der Waals surface area contributed by atoms with E-state index in [9.17, 15) is 18.0 Å². The number of hydrogen-bond donors (Lipinski definition) is 1. The molecule has 3 aromatic rings. The number of carbonyl (C=O) groups excluding carboxylic acids is 1. The van der Waals surface area contributed by atoms with E-state index in [1.807, 2.05) is 10.9 Å². The Bertz CT molecular complexity index is 1210. The summed E-state index contributed by atoms with van der Waals surface area (Å²) in [5, 5.41) is 8.05. The van der Waals surface area contributed by atoms with Crippen molar-refractivity contribution in [1.29, 1.82) is 0 Å². The standard InChI is InChI=1S/C23H23F3N4O4/c1-32-19-12-17-14(13-30(29-17)15-5-7-22(8-6-15)33-9-10-34-22)11-18(19)28-21(31)16-3-2-4-20(27-16)23(24,25)26/h2-4,11-13,15H,5-10H2,1H3,(H,28,31). The Balaban J connectivity index is 1.37. The fourth-order valence-electron chi connectivity index (χ4n) is 4.52. The van der Waals surface area contributed by atoms with Crippen LogP contribution in [0.5, 0.6) is 5.75 Å². The predicted molar refractivity (Wildman–Crippen MR) is 116 cm³/mol. The number of amides is 1. The number of nitrogens with one attached hydrogen (secondary N) is 1. The number of fused-ring (bicyclic) bond motifs is 1. The summed E-state index contributed by atoms with van der Waals surface area (Å²) in [4.78, 5) is 16.1. The van der Waals surface area contributed by atoms with Gasteiger partial charge in [-0.3, -0.25) is 9.48 Å². The lowest BCUT2D eigenvalue weighted by molar-refractivity contribution is -0.181. The second kappa shape index (κ2) is 8.55. The molecule has 0 bridgehead atoms. The Labute approximate surface area is 193 Å². The van der Waals surface area contributed by atoms with Gasteiger partial charge >= 0.3 is 6.18 Å². The second-order valence-corrected chi connectivity index (χ2v) is 8.42. The number of pyridine rings is 1. The van der Waals surface area contributed by atoms with Crippen molar-refractivity contribution in [3.05, 3.63) is 47.9 Å². The molecular weight excluding hydrogens is 453 g/mol. The van der Waals surface area contributed by atoms with Crippen molar-refractivity contribution >= 4 is 22.5 Å². The van der Waals surface area contributed by atoms with Gasteiger partial charge in [-0.05, 0) is 31.0 Å². The van der Waals surface area contributed by atoms with Gasteiger partial charge in [0.2, 0.25) is 0 Å². The third kappa shape index (κ3) is 4.32. The van der Waals surface area contributed by atoms with Crippen LogP contribution in [0.2, 0.25) is 0 Å².